The highest BCUT2D eigenvalue weighted by Gasteiger charge is 2.40. The van der Waals surface area contributed by atoms with E-state index < -0.39 is 15.6 Å². The molecule has 2 heterocycles. The van der Waals surface area contributed by atoms with Crippen LogP contribution in [0.4, 0.5) is 0 Å². The van der Waals surface area contributed by atoms with Crippen LogP contribution >= 0.6 is 0 Å². The Kier molecular flexibility index (Phi) is 3.19. The third kappa shape index (κ3) is 2.39. The van der Waals surface area contributed by atoms with Gasteiger partial charge >= 0.3 is 0 Å². The summed E-state index contributed by atoms with van der Waals surface area (Å²) in [7, 11) is -3.38. The van der Waals surface area contributed by atoms with Crippen LogP contribution in [-0.4, -0.2) is 25.3 Å². The number of hydrogen-bond donors (Lipinski definition) is 2. The molecule has 0 amide bonds. The molecule has 0 bridgehead atoms. The molecule has 1 atom stereocenters. The van der Waals surface area contributed by atoms with Gasteiger partial charge in [-0.2, -0.15) is 0 Å². The molecule has 0 spiro atoms. The topological polar surface area (TPSA) is 92.7 Å². The molecule has 1 saturated carbocycles. The van der Waals surface area contributed by atoms with E-state index >= 15 is 0 Å². The maximum Gasteiger partial charge on any atom is 0.214 e. The Hall–Kier alpha value is -1.57. The van der Waals surface area contributed by atoms with Crippen LogP contribution in [0.3, 0.4) is 0 Å². The average Bonchev–Trinajstić information content (AvgIpc) is 2.96. The summed E-state index contributed by atoms with van der Waals surface area (Å²) in [6, 6.07) is 4.81. The number of rotatable bonds is 6. The number of nitrogens with one attached hydrogen (secondary N) is 1. The van der Waals surface area contributed by atoms with Gasteiger partial charge in [0.1, 0.15) is 5.76 Å². The summed E-state index contributed by atoms with van der Waals surface area (Å²) < 4.78 is 36.5. The first kappa shape index (κ1) is 13.4. The summed E-state index contributed by atoms with van der Waals surface area (Å²) in [6.07, 6.45) is 5.54. The van der Waals surface area contributed by atoms with E-state index in [2.05, 4.69) is 4.72 Å². The Labute approximate surface area is 116 Å². The summed E-state index contributed by atoms with van der Waals surface area (Å²) >= 11 is 0. The highest BCUT2D eigenvalue weighted by molar-refractivity contribution is 7.90. The van der Waals surface area contributed by atoms with Crippen LogP contribution in [0, 0.1) is 0 Å². The van der Waals surface area contributed by atoms with Crippen molar-refractivity contribution in [1.82, 2.24) is 4.72 Å². The lowest BCUT2D eigenvalue weighted by Crippen LogP contribution is -2.42. The van der Waals surface area contributed by atoms with E-state index in [4.69, 9.17) is 8.83 Å². The van der Waals surface area contributed by atoms with E-state index in [1.807, 2.05) is 0 Å². The Morgan fingerprint density at radius 3 is 2.70 bits per heavy atom. The van der Waals surface area contributed by atoms with Crippen LogP contribution in [-0.2, 0) is 15.6 Å². The Morgan fingerprint density at radius 1 is 1.35 bits per heavy atom. The van der Waals surface area contributed by atoms with Crippen LogP contribution in [0.1, 0.15) is 24.2 Å². The van der Waals surface area contributed by atoms with Gasteiger partial charge in [-0.15, -0.1) is 0 Å². The van der Waals surface area contributed by atoms with E-state index in [-0.39, 0.29) is 17.6 Å². The minimum atomic E-state index is -3.38. The van der Waals surface area contributed by atoms with Gasteiger partial charge in [0.2, 0.25) is 10.0 Å². The second-order valence-corrected chi connectivity index (χ2v) is 6.96. The number of furan rings is 2. The van der Waals surface area contributed by atoms with Gasteiger partial charge in [-0.05, 0) is 31.0 Å². The molecule has 6 nitrogen and oxygen atoms in total. The number of hydrogen-bond acceptors (Lipinski definition) is 5. The zero-order valence-electron chi connectivity index (χ0n) is 10.7. The first-order chi connectivity index (χ1) is 9.52. The smallest absolute Gasteiger partial charge is 0.214 e. The number of aliphatic hydroxyl groups is 1. The van der Waals surface area contributed by atoms with Crippen LogP contribution in [0.2, 0.25) is 0 Å². The van der Waals surface area contributed by atoms with Gasteiger partial charge in [-0.25, -0.2) is 13.1 Å². The molecule has 0 aliphatic heterocycles. The highest BCUT2D eigenvalue weighted by Crippen LogP contribution is 2.32. The molecule has 2 aromatic heterocycles. The van der Waals surface area contributed by atoms with Crippen LogP contribution in [0.5, 0.6) is 0 Å². The highest BCUT2D eigenvalue weighted by atomic mass is 32.2. The van der Waals surface area contributed by atoms with Gasteiger partial charge in [0.15, 0.2) is 5.60 Å². The predicted octanol–water partition coefficient (Wildman–Crippen LogP) is 1.19. The average molecular weight is 297 g/mol. The van der Waals surface area contributed by atoms with E-state index in [0.29, 0.717) is 18.4 Å². The molecule has 1 unspecified atom stereocenters. The largest absolute Gasteiger partial charge is 0.472 e. The van der Waals surface area contributed by atoms with Crippen molar-refractivity contribution in [1.29, 1.82) is 0 Å². The van der Waals surface area contributed by atoms with E-state index in [1.165, 1.54) is 18.8 Å². The van der Waals surface area contributed by atoms with Crippen molar-refractivity contribution < 1.29 is 22.4 Å². The summed E-state index contributed by atoms with van der Waals surface area (Å²) in [5.41, 5.74) is -1.15. The lowest BCUT2D eigenvalue weighted by molar-refractivity contribution is 0.0613. The maximum absolute atomic E-state index is 11.9. The SMILES string of the molecule is O=S(=O)(NCC(O)(c1ccoc1)c1ccco1)C1CC1. The molecule has 0 saturated heterocycles. The predicted molar refractivity (Wildman–Crippen MR) is 70.4 cm³/mol. The Bertz CT molecular complexity index is 621. The van der Waals surface area contributed by atoms with Crippen molar-refractivity contribution >= 4 is 10.0 Å². The fourth-order valence-corrected chi connectivity index (χ4v) is 3.45. The lowest BCUT2D eigenvalue weighted by atomic mass is 9.94. The molecule has 1 aliphatic carbocycles. The summed E-state index contributed by atoms with van der Waals surface area (Å²) in [5, 5.41) is 10.5. The Balaban J connectivity index is 1.87. The summed E-state index contributed by atoms with van der Waals surface area (Å²) in [4.78, 5) is 0. The van der Waals surface area contributed by atoms with Crippen LogP contribution in [0.15, 0.2) is 45.8 Å². The zero-order chi connectivity index (χ0) is 14.2. The zero-order valence-corrected chi connectivity index (χ0v) is 11.5. The fourth-order valence-electron chi connectivity index (χ4n) is 2.05. The quantitative estimate of drug-likeness (QED) is 0.835. The van der Waals surface area contributed by atoms with Gasteiger partial charge < -0.3 is 13.9 Å². The third-order valence-corrected chi connectivity index (χ3v) is 5.32. The van der Waals surface area contributed by atoms with Gasteiger partial charge in [0.25, 0.3) is 0 Å². The van der Waals surface area contributed by atoms with Gasteiger partial charge in [0, 0.05) is 5.56 Å². The van der Waals surface area contributed by atoms with E-state index in [9.17, 15) is 13.5 Å². The summed E-state index contributed by atoms with van der Waals surface area (Å²) in [5.74, 6) is 0.261. The van der Waals surface area contributed by atoms with E-state index in [1.54, 1.807) is 18.2 Å². The third-order valence-electron chi connectivity index (χ3n) is 3.42. The van der Waals surface area contributed by atoms with Crippen molar-refractivity contribution in [2.24, 2.45) is 0 Å². The standard InChI is InChI=1S/C13H15NO5S/c15-13(10-5-7-18-8-10,12-2-1-6-19-12)9-14-20(16,17)11-3-4-11/h1-2,5-8,11,14-15H,3-4,9H2. The van der Waals surface area contributed by atoms with Crippen molar-refractivity contribution in [2.45, 2.75) is 23.7 Å². The van der Waals surface area contributed by atoms with Crippen molar-refractivity contribution in [2.75, 3.05) is 6.54 Å². The molecule has 1 aliphatic rings. The first-order valence-corrected chi connectivity index (χ1v) is 7.84. The molecular weight excluding hydrogens is 282 g/mol. The molecule has 1 fully saturated rings. The minimum absolute atomic E-state index is 0.196. The van der Waals surface area contributed by atoms with Crippen molar-refractivity contribution in [3.8, 4) is 0 Å². The molecule has 7 heteroatoms. The van der Waals surface area contributed by atoms with Crippen molar-refractivity contribution in [3.63, 3.8) is 0 Å². The normalized spacial score (nSPS) is 18.9. The molecule has 0 radical (unpaired) electrons. The first-order valence-electron chi connectivity index (χ1n) is 6.30. The molecule has 2 N–H and O–H groups in total. The Morgan fingerprint density at radius 2 is 2.15 bits per heavy atom. The second-order valence-electron chi connectivity index (χ2n) is 4.92. The molecule has 3 rings (SSSR count). The monoisotopic (exact) mass is 297 g/mol. The van der Waals surface area contributed by atoms with Crippen LogP contribution in [0.25, 0.3) is 0 Å². The fraction of sp³-hybridized carbons (Fsp3) is 0.385. The molecular formula is C13H15NO5S. The second kappa shape index (κ2) is 4.76. The molecule has 0 aromatic carbocycles. The summed E-state index contributed by atoms with van der Waals surface area (Å²) in [6.45, 7) is -0.196. The van der Waals surface area contributed by atoms with Crippen LogP contribution < -0.4 is 4.72 Å². The number of sulfonamides is 1. The van der Waals surface area contributed by atoms with Crippen molar-refractivity contribution in [3.05, 3.63) is 48.3 Å². The molecule has 20 heavy (non-hydrogen) atoms. The molecule has 2 aromatic rings. The molecule has 108 valence electrons. The minimum Gasteiger partial charge on any atom is -0.472 e. The lowest BCUT2D eigenvalue weighted by Gasteiger charge is -2.25. The van der Waals surface area contributed by atoms with Gasteiger partial charge in [0.05, 0.1) is 30.6 Å². The maximum atomic E-state index is 11.9. The van der Waals surface area contributed by atoms with Gasteiger partial charge in [-0.1, -0.05) is 0 Å². The van der Waals surface area contributed by atoms with E-state index in [0.717, 1.165) is 0 Å². The van der Waals surface area contributed by atoms with Gasteiger partial charge in [-0.3, -0.25) is 0 Å².